The van der Waals surface area contributed by atoms with Crippen molar-refractivity contribution in [2.75, 3.05) is 6.61 Å². The van der Waals surface area contributed by atoms with E-state index in [1.54, 1.807) is 6.92 Å². The highest BCUT2D eigenvalue weighted by molar-refractivity contribution is 7.46. The van der Waals surface area contributed by atoms with Gasteiger partial charge in [-0.1, -0.05) is 11.6 Å². The summed E-state index contributed by atoms with van der Waals surface area (Å²) in [6.07, 6.45) is -3.72. The number of halogens is 1. The molecule has 1 aliphatic rings. The van der Waals surface area contributed by atoms with E-state index in [1.807, 2.05) is 0 Å². The van der Waals surface area contributed by atoms with Crippen LogP contribution in [0.4, 0.5) is 0 Å². The zero-order chi connectivity index (χ0) is 17.6. The minimum atomic E-state index is -4.73. The van der Waals surface area contributed by atoms with Gasteiger partial charge < -0.3 is 24.7 Å². The summed E-state index contributed by atoms with van der Waals surface area (Å²) in [4.78, 5) is 29.7. The van der Waals surface area contributed by atoms with Crippen molar-refractivity contribution in [3.05, 3.63) is 17.3 Å². The molecule has 11 nitrogen and oxygen atoms in total. The molecule has 0 aliphatic carbocycles. The second kappa shape index (κ2) is 6.28. The Morgan fingerprint density at radius 2 is 2.08 bits per heavy atom. The van der Waals surface area contributed by atoms with Crippen LogP contribution < -0.4 is 0 Å². The molecule has 132 valence electrons. The number of ether oxygens (including phenoxy) is 1. The van der Waals surface area contributed by atoms with Crippen molar-refractivity contribution in [1.29, 1.82) is 0 Å². The molecule has 0 amide bonds. The van der Waals surface area contributed by atoms with Gasteiger partial charge in [0.1, 0.15) is 29.7 Å². The van der Waals surface area contributed by atoms with E-state index < -0.39 is 39.0 Å². The Morgan fingerprint density at radius 3 is 2.75 bits per heavy atom. The highest BCUT2D eigenvalue weighted by atomic mass is 35.5. The number of hydrogen-bond acceptors (Lipinski definition) is 8. The topological polar surface area (TPSA) is 160 Å². The maximum atomic E-state index is 10.8. The van der Waals surface area contributed by atoms with Crippen molar-refractivity contribution in [2.24, 2.45) is 0 Å². The van der Waals surface area contributed by atoms with Crippen molar-refractivity contribution >= 4 is 30.6 Å². The van der Waals surface area contributed by atoms with Crippen molar-refractivity contribution in [2.45, 2.75) is 31.5 Å². The zero-order valence-electron chi connectivity index (χ0n) is 12.2. The predicted octanol–water partition coefficient (Wildman–Crippen LogP) is -0.483. The van der Waals surface area contributed by atoms with Gasteiger partial charge in [-0.25, -0.2) is 19.5 Å². The van der Waals surface area contributed by atoms with Gasteiger partial charge in [0.15, 0.2) is 17.0 Å². The fraction of sp³-hybridized carbons (Fsp3) is 0.545. The second-order valence-electron chi connectivity index (χ2n) is 5.22. The van der Waals surface area contributed by atoms with Gasteiger partial charge >= 0.3 is 7.82 Å². The Labute approximate surface area is 140 Å². The fourth-order valence-electron chi connectivity index (χ4n) is 2.44. The molecule has 24 heavy (non-hydrogen) atoms. The van der Waals surface area contributed by atoms with Crippen LogP contribution in [0.15, 0.2) is 6.33 Å². The summed E-state index contributed by atoms with van der Waals surface area (Å²) >= 11 is 5.99. The number of hydrogen-bond donors (Lipinski definition) is 4. The summed E-state index contributed by atoms with van der Waals surface area (Å²) in [6, 6.07) is 0. The smallest absolute Gasteiger partial charge is 0.387 e. The molecule has 4 N–H and O–H groups in total. The monoisotopic (exact) mass is 380 g/mol. The fourth-order valence-corrected chi connectivity index (χ4v) is 3.03. The first-order chi connectivity index (χ1) is 11.2. The molecule has 13 heteroatoms. The molecule has 0 aromatic carbocycles. The van der Waals surface area contributed by atoms with Gasteiger partial charge in [-0.05, 0) is 6.92 Å². The molecule has 0 unspecified atom stereocenters. The Balaban J connectivity index is 1.89. The number of aliphatic hydroxyl groups is 2. The molecule has 0 saturated carbocycles. The van der Waals surface area contributed by atoms with Crippen molar-refractivity contribution < 1.29 is 33.8 Å². The molecule has 3 heterocycles. The van der Waals surface area contributed by atoms with E-state index in [1.165, 1.54) is 10.9 Å². The molecule has 0 spiro atoms. The van der Waals surface area contributed by atoms with Gasteiger partial charge in [-0.2, -0.15) is 0 Å². The third-order valence-electron chi connectivity index (χ3n) is 3.51. The van der Waals surface area contributed by atoms with Crippen LogP contribution in [0.2, 0.25) is 5.15 Å². The zero-order valence-corrected chi connectivity index (χ0v) is 13.9. The highest BCUT2D eigenvalue weighted by Crippen LogP contribution is 2.38. The molecule has 1 saturated heterocycles. The molecule has 4 atom stereocenters. The molecule has 2 aromatic heterocycles. The van der Waals surface area contributed by atoms with Crippen molar-refractivity contribution in [3.8, 4) is 0 Å². The van der Waals surface area contributed by atoms with Crippen LogP contribution in [0, 0.1) is 6.92 Å². The molecule has 0 bridgehead atoms. The summed E-state index contributed by atoms with van der Waals surface area (Å²) < 4.78 is 21.9. The lowest BCUT2D eigenvalue weighted by Crippen LogP contribution is -2.33. The van der Waals surface area contributed by atoms with Crippen LogP contribution in [-0.4, -0.2) is 64.4 Å². The van der Waals surface area contributed by atoms with Gasteiger partial charge in [0.2, 0.25) is 0 Å². The molecule has 3 rings (SSSR count). The number of nitrogens with zero attached hydrogens (tertiary/aromatic N) is 4. The van der Waals surface area contributed by atoms with Gasteiger partial charge in [0, 0.05) is 0 Å². The summed E-state index contributed by atoms with van der Waals surface area (Å²) in [5.74, 6) is 0.378. The Bertz CT molecular complexity index is 811. The molecule has 1 aliphatic heterocycles. The summed E-state index contributed by atoms with van der Waals surface area (Å²) in [7, 11) is -4.73. The lowest BCUT2D eigenvalue weighted by atomic mass is 10.1. The number of rotatable bonds is 4. The van der Waals surface area contributed by atoms with Crippen LogP contribution in [0.5, 0.6) is 0 Å². The Hall–Kier alpha value is -1.17. The largest absolute Gasteiger partial charge is 0.469 e. The van der Waals surface area contributed by atoms with Crippen LogP contribution in [0.25, 0.3) is 11.2 Å². The van der Waals surface area contributed by atoms with E-state index in [9.17, 15) is 14.8 Å². The van der Waals surface area contributed by atoms with Crippen LogP contribution >= 0.6 is 19.4 Å². The number of aryl methyl sites for hydroxylation is 1. The molecular weight excluding hydrogens is 367 g/mol. The third-order valence-corrected chi connectivity index (χ3v) is 4.26. The first kappa shape index (κ1) is 17.6. The Kier molecular flexibility index (Phi) is 4.62. The summed E-state index contributed by atoms with van der Waals surface area (Å²) in [5, 5.41) is 20.3. The number of phosphoric ester groups is 1. The minimum Gasteiger partial charge on any atom is -0.387 e. The molecule has 2 aromatic rings. The normalized spacial score (nSPS) is 27.9. The lowest BCUT2D eigenvalue weighted by Gasteiger charge is -2.16. The minimum absolute atomic E-state index is 0.130. The number of imidazole rings is 1. The lowest BCUT2D eigenvalue weighted by molar-refractivity contribution is -0.0504. The van der Waals surface area contributed by atoms with E-state index in [0.717, 1.165) is 0 Å². The van der Waals surface area contributed by atoms with Crippen molar-refractivity contribution in [1.82, 2.24) is 19.5 Å². The van der Waals surface area contributed by atoms with Gasteiger partial charge in [-0.15, -0.1) is 0 Å². The SMILES string of the molecule is Cc1nc(Cl)c2ncn([C@@H]3O[C@H](COP(=O)(O)O)[C@@H](O)[C@H]3O)c2n1. The third kappa shape index (κ3) is 3.30. The van der Waals surface area contributed by atoms with E-state index in [-0.39, 0.29) is 5.15 Å². The van der Waals surface area contributed by atoms with E-state index in [2.05, 4.69) is 19.5 Å². The first-order valence-corrected chi connectivity index (χ1v) is 8.66. The van der Waals surface area contributed by atoms with Gasteiger partial charge in [-0.3, -0.25) is 9.09 Å². The van der Waals surface area contributed by atoms with Crippen LogP contribution in [0.1, 0.15) is 12.1 Å². The maximum absolute atomic E-state index is 10.8. The van der Waals surface area contributed by atoms with Crippen LogP contribution in [0.3, 0.4) is 0 Å². The quantitative estimate of drug-likeness (QED) is 0.402. The molecule has 1 fully saturated rings. The highest BCUT2D eigenvalue weighted by Gasteiger charge is 2.45. The van der Waals surface area contributed by atoms with Gasteiger partial charge in [0.25, 0.3) is 0 Å². The van der Waals surface area contributed by atoms with Gasteiger partial charge in [0.05, 0.1) is 12.9 Å². The van der Waals surface area contributed by atoms with E-state index in [0.29, 0.717) is 17.0 Å². The van der Waals surface area contributed by atoms with Crippen LogP contribution in [-0.2, 0) is 13.8 Å². The average molecular weight is 381 g/mol. The second-order valence-corrected chi connectivity index (χ2v) is 6.82. The Morgan fingerprint density at radius 1 is 1.38 bits per heavy atom. The maximum Gasteiger partial charge on any atom is 0.469 e. The molecular formula is C11H14ClN4O7P. The number of aliphatic hydroxyl groups excluding tert-OH is 2. The molecule has 0 radical (unpaired) electrons. The van der Waals surface area contributed by atoms with Crippen molar-refractivity contribution in [3.63, 3.8) is 0 Å². The number of aromatic nitrogens is 4. The number of phosphoric acid groups is 1. The summed E-state index contributed by atoms with van der Waals surface area (Å²) in [5.41, 5.74) is 0.586. The average Bonchev–Trinajstić information content (AvgIpc) is 3.00. The summed E-state index contributed by atoms with van der Waals surface area (Å²) in [6.45, 7) is 1.03. The number of fused-ring (bicyclic) bond motifs is 1. The van der Waals surface area contributed by atoms with E-state index >= 15 is 0 Å². The predicted molar refractivity (Wildman–Crippen MR) is 79.0 cm³/mol. The van der Waals surface area contributed by atoms with E-state index in [4.69, 9.17) is 26.1 Å². The first-order valence-electron chi connectivity index (χ1n) is 6.76. The standard InChI is InChI=1S/C11H14ClN4O7P/c1-4-14-9(12)6-10(15-4)16(3-13-6)11-8(18)7(17)5(23-11)2-22-24(19,20)21/h3,5,7-8,11,17-18H,2H2,1H3,(H2,19,20,21)/t5-,7-,8-,11-/m1/s1.